The van der Waals surface area contributed by atoms with Gasteiger partial charge in [0.05, 0.1) is 6.61 Å². The van der Waals surface area contributed by atoms with Gasteiger partial charge in [-0.2, -0.15) is 5.10 Å². The van der Waals surface area contributed by atoms with E-state index in [0.29, 0.717) is 29.9 Å². The van der Waals surface area contributed by atoms with Crippen LogP contribution in [0.25, 0.3) is 0 Å². The van der Waals surface area contributed by atoms with Crippen LogP contribution in [0.5, 0.6) is 0 Å². The Labute approximate surface area is 167 Å². The maximum atomic E-state index is 6.06. The molecule has 0 radical (unpaired) electrons. The predicted octanol–water partition coefficient (Wildman–Crippen LogP) is 4.26. The van der Waals surface area contributed by atoms with E-state index in [1.807, 2.05) is 43.3 Å². The average molecular weight is 405 g/mol. The molecular weight excluding hydrogens is 384 g/mol. The molecule has 7 nitrogen and oxygen atoms in total. The van der Waals surface area contributed by atoms with E-state index in [2.05, 4.69) is 30.8 Å². The largest absolute Gasteiger partial charge is 0.383 e. The van der Waals surface area contributed by atoms with Crippen molar-refractivity contribution in [2.45, 2.75) is 17.8 Å². The summed E-state index contributed by atoms with van der Waals surface area (Å²) in [6.45, 7) is 3.20. The summed E-state index contributed by atoms with van der Waals surface area (Å²) in [4.78, 5) is 9.16. The smallest absolute Gasteiger partial charge is 0.191 e. The lowest BCUT2D eigenvalue weighted by Crippen LogP contribution is -2.10. The summed E-state index contributed by atoms with van der Waals surface area (Å²) in [6.07, 6.45) is 0. The van der Waals surface area contributed by atoms with Crippen molar-refractivity contribution < 1.29 is 4.74 Å². The molecule has 0 bridgehead atoms. The number of aromatic nitrogens is 4. The third-order valence-electron chi connectivity index (χ3n) is 3.54. The number of rotatable bonds is 9. The molecule has 0 aliphatic heterocycles. The fourth-order valence-corrected chi connectivity index (χ4v) is 3.33. The molecule has 3 rings (SSSR count). The summed E-state index contributed by atoms with van der Waals surface area (Å²) < 4.78 is 5.09. The molecular formula is C18H21ClN6OS. The molecule has 0 amide bonds. The minimum absolute atomic E-state index is 0.594. The number of nitrogens with one attached hydrogen (secondary N) is 3. The van der Waals surface area contributed by atoms with Crippen molar-refractivity contribution in [2.75, 3.05) is 30.9 Å². The highest BCUT2D eigenvalue weighted by Crippen LogP contribution is 2.25. The van der Waals surface area contributed by atoms with Crippen molar-refractivity contribution in [3.05, 3.63) is 52.7 Å². The summed E-state index contributed by atoms with van der Waals surface area (Å²) in [5.74, 6) is 2.83. The van der Waals surface area contributed by atoms with Crippen molar-refractivity contribution in [3.8, 4) is 0 Å². The maximum absolute atomic E-state index is 6.06. The quantitative estimate of drug-likeness (QED) is 0.279. The number of hydrogen-bond acceptors (Lipinski definition) is 7. The van der Waals surface area contributed by atoms with Crippen molar-refractivity contribution >= 4 is 40.8 Å². The molecule has 2 heterocycles. The van der Waals surface area contributed by atoms with Gasteiger partial charge in [0.25, 0.3) is 0 Å². The summed E-state index contributed by atoms with van der Waals surface area (Å²) in [6, 6.07) is 11.5. The van der Waals surface area contributed by atoms with Crippen LogP contribution in [-0.2, 0) is 10.5 Å². The molecule has 0 saturated carbocycles. The fraction of sp³-hybridized carbons (Fsp3) is 0.278. The van der Waals surface area contributed by atoms with Gasteiger partial charge in [-0.25, -0.2) is 9.97 Å². The van der Waals surface area contributed by atoms with Gasteiger partial charge >= 0.3 is 0 Å². The lowest BCUT2D eigenvalue weighted by molar-refractivity contribution is 0.210. The second-order valence-electron chi connectivity index (χ2n) is 5.82. The minimum atomic E-state index is 0.594. The number of anilines is 3. The second kappa shape index (κ2) is 9.59. The Bertz CT molecular complexity index is 888. The molecule has 9 heteroatoms. The van der Waals surface area contributed by atoms with E-state index >= 15 is 0 Å². The van der Waals surface area contributed by atoms with Gasteiger partial charge in [-0.1, -0.05) is 35.5 Å². The summed E-state index contributed by atoms with van der Waals surface area (Å²) >= 11 is 7.60. The molecule has 0 aliphatic rings. The number of hydrogen-bond donors (Lipinski definition) is 3. The zero-order valence-corrected chi connectivity index (χ0v) is 16.7. The van der Waals surface area contributed by atoms with Crippen LogP contribution in [0.2, 0.25) is 5.02 Å². The van der Waals surface area contributed by atoms with Gasteiger partial charge < -0.3 is 15.4 Å². The van der Waals surface area contributed by atoms with Crippen LogP contribution in [0.4, 0.5) is 17.5 Å². The lowest BCUT2D eigenvalue weighted by atomic mass is 10.2. The molecule has 0 unspecified atom stereocenters. The normalized spacial score (nSPS) is 10.8. The number of ether oxygens (including phenoxy) is 1. The first-order valence-electron chi connectivity index (χ1n) is 8.40. The number of halogens is 1. The number of thioether (sulfide) groups is 1. The van der Waals surface area contributed by atoms with E-state index in [1.54, 1.807) is 18.9 Å². The van der Waals surface area contributed by atoms with Crippen molar-refractivity contribution in [3.63, 3.8) is 0 Å². The number of H-pyrrole nitrogens is 1. The fourth-order valence-electron chi connectivity index (χ4n) is 2.31. The van der Waals surface area contributed by atoms with Crippen molar-refractivity contribution in [1.82, 2.24) is 20.2 Å². The SMILES string of the molecule is COCCNc1cc(Nc2cc(C)[nH]n2)nc(SCc2cccc(Cl)c2)n1. The number of aryl methyl sites for hydroxylation is 1. The first-order valence-corrected chi connectivity index (χ1v) is 9.77. The molecule has 3 aromatic rings. The molecule has 142 valence electrons. The van der Waals surface area contributed by atoms with Crippen LogP contribution < -0.4 is 10.6 Å². The van der Waals surface area contributed by atoms with Crippen LogP contribution in [0.1, 0.15) is 11.3 Å². The van der Waals surface area contributed by atoms with Gasteiger partial charge in [0.2, 0.25) is 0 Å². The van der Waals surface area contributed by atoms with E-state index in [4.69, 9.17) is 16.3 Å². The van der Waals surface area contributed by atoms with E-state index in [0.717, 1.165) is 27.9 Å². The van der Waals surface area contributed by atoms with Crippen molar-refractivity contribution in [1.29, 1.82) is 0 Å². The Kier molecular flexibility index (Phi) is 6.92. The molecule has 2 aromatic heterocycles. The van der Waals surface area contributed by atoms with Gasteiger partial charge in [-0.05, 0) is 24.6 Å². The topological polar surface area (TPSA) is 87.8 Å². The average Bonchev–Trinajstić information content (AvgIpc) is 3.05. The number of benzene rings is 1. The summed E-state index contributed by atoms with van der Waals surface area (Å²) in [5, 5.41) is 14.9. The van der Waals surface area contributed by atoms with Crippen molar-refractivity contribution in [2.24, 2.45) is 0 Å². The highest BCUT2D eigenvalue weighted by molar-refractivity contribution is 7.98. The van der Waals surface area contributed by atoms with Gasteiger partial charge in [-0.15, -0.1) is 0 Å². The van der Waals surface area contributed by atoms with Gasteiger partial charge in [0, 0.05) is 42.3 Å². The monoisotopic (exact) mass is 404 g/mol. The maximum Gasteiger partial charge on any atom is 0.191 e. The van der Waals surface area contributed by atoms with E-state index in [9.17, 15) is 0 Å². The van der Waals surface area contributed by atoms with Gasteiger partial charge in [0.1, 0.15) is 11.6 Å². The Morgan fingerprint density at radius 2 is 2.00 bits per heavy atom. The Hall–Kier alpha value is -2.29. The van der Waals surface area contributed by atoms with Crippen LogP contribution in [-0.4, -0.2) is 40.4 Å². The standard InChI is InChI=1S/C18H21ClN6OS/c1-12-8-17(25-24-12)21-16-10-15(20-6-7-26-2)22-18(23-16)27-11-13-4-3-5-14(19)9-13/h3-5,8-10H,6-7,11H2,1-2H3,(H3,20,21,22,23,24,25). The van der Waals surface area contributed by atoms with Crippen LogP contribution in [0.3, 0.4) is 0 Å². The predicted molar refractivity (Wildman–Crippen MR) is 110 cm³/mol. The number of nitrogens with zero attached hydrogens (tertiary/aromatic N) is 3. The summed E-state index contributed by atoms with van der Waals surface area (Å²) in [7, 11) is 1.67. The van der Waals surface area contributed by atoms with Crippen LogP contribution in [0, 0.1) is 6.92 Å². The highest BCUT2D eigenvalue weighted by Gasteiger charge is 2.08. The minimum Gasteiger partial charge on any atom is -0.383 e. The molecule has 0 atom stereocenters. The number of aromatic amines is 1. The van der Waals surface area contributed by atoms with Gasteiger partial charge in [-0.3, -0.25) is 5.10 Å². The molecule has 1 aromatic carbocycles. The van der Waals surface area contributed by atoms with E-state index < -0.39 is 0 Å². The summed E-state index contributed by atoms with van der Waals surface area (Å²) in [5.41, 5.74) is 2.09. The molecule has 0 aliphatic carbocycles. The molecule has 0 spiro atoms. The van der Waals surface area contributed by atoms with E-state index in [-0.39, 0.29) is 0 Å². The first-order chi connectivity index (χ1) is 13.1. The van der Waals surface area contributed by atoms with Gasteiger partial charge in [0.15, 0.2) is 11.0 Å². The first kappa shape index (κ1) is 19.5. The Morgan fingerprint density at radius 1 is 1.15 bits per heavy atom. The zero-order chi connectivity index (χ0) is 19.1. The lowest BCUT2D eigenvalue weighted by Gasteiger charge is -2.10. The second-order valence-corrected chi connectivity index (χ2v) is 7.20. The zero-order valence-electron chi connectivity index (χ0n) is 15.1. The molecule has 3 N–H and O–H groups in total. The third kappa shape index (κ3) is 6.13. The van der Waals surface area contributed by atoms with Crippen LogP contribution >= 0.6 is 23.4 Å². The highest BCUT2D eigenvalue weighted by atomic mass is 35.5. The van der Waals surface area contributed by atoms with E-state index in [1.165, 1.54) is 0 Å². The molecule has 0 fully saturated rings. The Balaban J connectivity index is 1.75. The third-order valence-corrected chi connectivity index (χ3v) is 4.69. The van der Waals surface area contributed by atoms with Crippen LogP contribution in [0.15, 0.2) is 41.6 Å². The molecule has 0 saturated heterocycles. The molecule has 27 heavy (non-hydrogen) atoms. The number of methoxy groups -OCH3 is 1. The Morgan fingerprint density at radius 3 is 2.74 bits per heavy atom.